The monoisotopic (exact) mass is 411 g/mol. The summed E-state index contributed by atoms with van der Waals surface area (Å²) in [4.78, 5) is 14.0. The van der Waals surface area contributed by atoms with Gasteiger partial charge in [-0.1, -0.05) is 53.6 Å². The maximum atomic E-state index is 13.2. The molecular weight excluding hydrogens is 390 g/mol. The lowest BCUT2D eigenvalue weighted by Gasteiger charge is -2.22. The number of thioether (sulfide) groups is 1. The maximum Gasteiger partial charge on any atom is 0.270 e. The van der Waals surface area contributed by atoms with Crippen LogP contribution in [0.5, 0.6) is 0 Å². The molecule has 0 unspecified atom stereocenters. The van der Waals surface area contributed by atoms with Crippen molar-refractivity contribution in [2.45, 2.75) is 23.6 Å². The summed E-state index contributed by atoms with van der Waals surface area (Å²) in [6.45, 7) is 3.87. The Labute approximate surface area is 170 Å². The number of hydrogen-bond donors (Lipinski definition) is 0. The lowest BCUT2D eigenvalue weighted by Crippen LogP contribution is -2.38. The van der Waals surface area contributed by atoms with Crippen LogP contribution >= 0.6 is 11.8 Å². The summed E-state index contributed by atoms with van der Waals surface area (Å²) >= 11 is 1.32. The molecule has 3 rings (SSSR count). The second kappa shape index (κ2) is 8.63. The van der Waals surface area contributed by atoms with E-state index in [9.17, 15) is 13.2 Å². The smallest absolute Gasteiger partial charge is 0.270 e. The Balaban J connectivity index is 1.91. The van der Waals surface area contributed by atoms with Crippen molar-refractivity contribution in [2.75, 3.05) is 10.1 Å². The fraction of sp³-hybridized carbons (Fsp3) is 0.136. The molecule has 0 fully saturated rings. The van der Waals surface area contributed by atoms with Gasteiger partial charge in [-0.15, -0.1) is 11.8 Å². The van der Waals surface area contributed by atoms with Crippen LogP contribution in [0.25, 0.3) is 0 Å². The van der Waals surface area contributed by atoms with Crippen molar-refractivity contribution in [1.82, 2.24) is 0 Å². The van der Waals surface area contributed by atoms with E-state index < -0.39 is 15.9 Å². The average molecular weight is 412 g/mol. The summed E-state index contributed by atoms with van der Waals surface area (Å²) in [6, 6.07) is 22.7. The van der Waals surface area contributed by atoms with Crippen molar-refractivity contribution < 1.29 is 13.2 Å². The minimum atomic E-state index is -4.01. The van der Waals surface area contributed by atoms with Gasteiger partial charge in [0.15, 0.2) is 0 Å². The van der Waals surface area contributed by atoms with Crippen LogP contribution in [0.2, 0.25) is 0 Å². The number of nitrogens with zero attached hydrogens (tertiary/aromatic N) is 1. The van der Waals surface area contributed by atoms with Crippen molar-refractivity contribution in [3.05, 3.63) is 90.0 Å². The molecule has 3 aromatic carbocycles. The normalized spacial score (nSPS) is 11.2. The van der Waals surface area contributed by atoms with E-state index in [0.29, 0.717) is 5.69 Å². The van der Waals surface area contributed by atoms with Crippen LogP contribution in [-0.2, 0) is 14.8 Å². The zero-order valence-corrected chi connectivity index (χ0v) is 17.3. The molecule has 0 atom stereocenters. The van der Waals surface area contributed by atoms with E-state index in [1.54, 1.807) is 42.5 Å². The first-order valence-corrected chi connectivity index (χ1v) is 11.2. The predicted molar refractivity (Wildman–Crippen MR) is 114 cm³/mol. The largest absolute Gasteiger partial charge is 0.272 e. The average Bonchev–Trinajstić information content (AvgIpc) is 2.69. The molecule has 0 heterocycles. The third kappa shape index (κ3) is 4.64. The second-order valence-electron chi connectivity index (χ2n) is 6.41. The lowest BCUT2D eigenvalue weighted by atomic mass is 10.2. The van der Waals surface area contributed by atoms with Crippen molar-refractivity contribution in [2.24, 2.45) is 0 Å². The highest BCUT2D eigenvalue weighted by molar-refractivity contribution is 8.00. The number of amides is 1. The molecule has 0 aliphatic carbocycles. The zero-order valence-electron chi connectivity index (χ0n) is 15.7. The van der Waals surface area contributed by atoms with E-state index in [-0.39, 0.29) is 10.6 Å². The van der Waals surface area contributed by atoms with Crippen LogP contribution in [0.15, 0.2) is 88.7 Å². The van der Waals surface area contributed by atoms with Crippen LogP contribution in [0.3, 0.4) is 0 Å². The summed E-state index contributed by atoms with van der Waals surface area (Å²) in [5.41, 5.74) is 2.41. The Morgan fingerprint density at radius 3 is 1.93 bits per heavy atom. The molecule has 6 heteroatoms. The van der Waals surface area contributed by atoms with Gasteiger partial charge in [0.05, 0.1) is 16.3 Å². The Morgan fingerprint density at radius 2 is 1.36 bits per heavy atom. The highest BCUT2D eigenvalue weighted by Gasteiger charge is 2.30. The first-order chi connectivity index (χ1) is 13.4. The standard InChI is InChI=1S/C22H21NO3S2/c1-17-8-12-20(13-9-17)27-16-22(24)23(19-6-4-3-5-7-19)28(25,26)21-14-10-18(2)11-15-21/h3-15H,16H2,1-2H3. The van der Waals surface area contributed by atoms with Crippen molar-refractivity contribution in [1.29, 1.82) is 0 Å². The fourth-order valence-corrected chi connectivity index (χ4v) is 4.89. The van der Waals surface area contributed by atoms with E-state index in [1.165, 1.54) is 23.9 Å². The van der Waals surface area contributed by atoms with Crippen molar-refractivity contribution in [3.63, 3.8) is 0 Å². The van der Waals surface area contributed by atoms with Crippen LogP contribution in [-0.4, -0.2) is 20.1 Å². The Morgan fingerprint density at radius 1 is 0.821 bits per heavy atom. The number of rotatable bonds is 6. The van der Waals surface area contributed by atoms with Crippen molar-refractivity contribution in [3.8, 4) is 0 Å². The number of sulfonamides is 1. The number of carbonyl (C=O) groups is 1. The predicted octanol–water partition coefficient (Wildman–Crippen LogP) is 4.82. The summed E-state index contributed by atoms with van der Waals surface area (Å²) in [5.74, 6) is -0.472. The maximum absolute atomic E-state index is 13.2. The Hall–Kier alpha value is -2.57. The Bertz CT molecular complexity index is 1050. The number of aryl methyl sites for hydroxylation is 2. The van der Waals surface area contributed by atoms with Gasteiger partial charge in [-0.3, -0.25) is 4.79 Å². The molecule has 0 saturated carbocycles. The third-order valence-corrected chi connectivity index (χ3v) is 6.92. The fourth-order valence-electron chi connectivity index (χ4n) is 2.63. The Kier molecular flexibility index (Phi) is 6.21. The molecule has 0 aromatic heterocycles. The molecule has 0 aliphatic heterocycles. The first kappa shape index (κ1) is 20.2. The molecule has 28 heavy (non-hydrogen) atoms. The molecule has 0 N–H and O–H groups in total. The molecular formula is C22H21NO3S2. The topological polar surface area (TPSA) is 54.5 Å². The SMILES string of the molecule is Cc1ccc(SCC(=O)N(c2ccccc2)S(=O)(=O)c2ccc(C)cc2)cc1. The zero-order chi connectivity index (χ0) is 20.1. The van der Waals surface area contributed by atoms with Crippen LogP contribution < -0.4 is 4.31 Å². The van der Waals surface area contributed by atoms with E-state index in [4.69, 9.17) is 0 Å². The third-order valence-electron chi connectivity index (χ3n) is 4.16. The van der Waals surface area contributed by atoms with Gasteiger partial charge in [-0.2, -0.15) is 0 Å². The summed E-state index contributed by atoms with van der Waals surface area (Å²) < 4.78 is 27.4. The van der Waals surface area contributed by atoms with Crippen LogP contribution in [0.4, 0.5) is 5.69 Å². The number of benzene rings is 3. The lowest BCUT2D eigenvalue weighted by molar-refractivity contribution is -0.115. The highest BCUT2D eigenvalue weighted by atomic mass is 32.2. The van der Waals surface area contributed by atoms with Gasteiger partial charge in [0.2, 0.25) is 0 Å². The van der Waals surface area contributed by atoms with Gasteiger partial charge in [-0.25, -0.2) is 12.7 Å². The molecule has 3 aromatic rings. The van der Waals surface area contributed by atoms with E-state index in [2.05, 4.69) is 0 Å². The van der Waals surface area contributed by atoms with Gasteiger partial charge in [0, 0.05) is 4.90 Å². The summed E-state index contributed by atoms with van der Waals surface area (Å²) in [6.07, 6.45) is 0. The van der Waals surface area contributed by atoms with E-state index in [0.717, 1.165) is 20.3 Å². The molecule has 0 saturated heterocycles. The second-order valence-corrected chi connectivity index (χ2v) is 9.25. The summed E-state index contributed by atoms with van der Waals surface area (Å²) in [5, 5.41) is 0. The first-order valence-electron chi connectivity index (χ1n) is 8.77. The molecule has 0 spiro atoms. The number of hydrogen-bond acceptors (Lipinski definition) is 4. The van der Waals surface area contributed by atoms with Gasteiger partial charge >= 0.3 is 0 Å². The number of anilines is 1. The van der Waals surface area contributed by atoms with E-state index >= 15 is 0 Å². The molecule has 144 valence electrons. The van der Waals surface area contributed by atoms with Gasteiger partial charge in [0.25, 0.3) is 15.9 Å². The quantitative estimate of drug-likeness (QED) is 0.546. The van der Waals surface area contributed by atoms with Crippen LogP contribution in [0.1, 0.15) is 11.1 Å². The van der Waals surface area contributed by atoms with E-state index in [1.807, 2.05) is 38.1 Å². The van der Waals surface area contributed by atoms with Crippen LogP contribution in [0, 0.1) is 13.8 Å². The molecule has 0 bridgehead atoms. The number of para-hydroxylation sites is 1. The minimum absolute atomic E-state index is 0.0169. The molecule has 0 aliphatic rings. The van der Waals surface area contributed by atoms with Gasteiger partial charge in [0.1, 0.15) is 0 Å². The van der Waals surface area contributed by atoms with Gasteiger partial charge in [-0.05, 0) is 50.2 Å². The van der Waals surface area contributed by atoms with Crippen molar-refractivity contribution >= 4 is 33.4 Å². The minimum Gasteiger partial charge on any atom is -0.272 e. The molecule has 4 nitrogen and oxygen atoms in total. The highest BCUT2D eigenvalue weighted by Crippen LogP contribution is 2.26. The van der Waals surface area contributed by atoms with Gasteiger partial charge < -0.3 is 0 Å². The molecule has 0 radical (unpaired) electrons. The molecule has 1 amide bonds. The summed E-state index contributed by atoms with van der Waals surface area (Å²) in [7, 11) is -4.01. The number of carbonyl (C=O) groups excluding carboxylic acids is 1.